The standard InChI is InChI=1S/C9H20N2.2ClH/c1-8(2)11(3)9-5-4-6-10-7-9;;/h8-10H,4-7H2,1-3H3;2*1H. The summed E-state index contributed by atoms with van der Waals surface area (Å²) in [5, 5.41) is 3.43. The average molecular weight is 229 g/mol. The Morgan fingerprint density at radius 2 is 1.92 bits per heavy atom. The maximum Gasteiger partial charge on any atom is 0.0220 e. The third-order valence-corrected chi connectivity index (χ3v) is 2.66. The third kappa shape index (κ3) is 5.06. The lowest BCUT2D eigenvalue weighted by atomic mass is 10.1. The predicted octanol–water partition coefficient (Wildman–Crippen LogP) is 1.92. The quantitative estimate of drug-likeness (QED) is 0.778. The van der Waals surface area contributed by atoms with Crippen molar-refractivity contribution in [1.29, 1.82) is 0 Å². The van der Waals surface area contributed by atoms with Gasteiger partial charge in [0.1, 0.15) is 0 Å². The maximum absolute atomic E-state index is 3.43. The fraction of sp³-hybridized carbons (Fsp3) is 1.00. The SMILES string of the molecule is CC(C)N(C)C1CCCNC1.Cl.Cl. The van der Waals surface area contributed by atoms with E-state index in [0.717, 1.165) is 6.04 Å². The molecule has 4 heteroatoms. The molecule has 82 valence electrons. The third-order valence-electron chi connectivity index (χ3n) is 2.66. The molecule has 1 aliphatic heterocycles. The van der Waals surface area contributed by atoms with Crippen molar-refractivity contribution in [3.8, 4) is 0 Å². The summed E-state index contributed by atoms with van der Waals surface area (Å²) in [6, 6.07) is 1.45. The second-order valence-corrected chi connectivity index (χ2v) is 3.76. The number of halogens is 2. The van der Waals surface area contributed by atoms with E-state index in [-0.39, 0.29) is 24.8 Å². The van der Waals surface area contributed by atoms with Crippen LogP contribution in [0.3, 0.4) is 0 Å². The van der Waals surface area contributed by atoms with Crippen molar-refractivity contribution in [3.63, 3.8) is 0 Å². The van der Waals surface area contributed by atoms with Crippen LogP contribution in [0.25, 0.3) is 0 Å². The number of nitrogens with zero attached hydrogens (tertiary/aromatic N) is 1. The lowest BCUT2D eigenvalue weighted by Gasteiger charge is -2.34. The van der Waals surface area contributed by atoms with E-state index in [1.54, 1.807) is 0 Å². The maximum atomic E-state index is 3.43. The first-order chi connectivity index (χ1) is 5.22. The highest BCUT2D eigenvalue weighted by Crippen LogP contribution is 2.10. The fourth-order valence-corrected chi connectivity index (χ4v) is 1.60. The zero-order chi connectivity index (χ0) is 8.27. The first-order valence-electron chi connectivity index (χ1n) is 4.64. The summed E-state index contributed by atoms with van der Waals surface area (Å²) in [5.41, 5.74) is 0. The molecule has 1 aliphatic rings. The molecule has 1 rings (SSSR count). The molecule has 1 N–H and O–H groups in total. The molecule has 0 radical (unpaired) electrons. The van der Waals surface area contributed by atoms with Gasteiger partial charge in [0.15, 0.2) is 0 Å². The van der Waals surface area contributed by atoms with Crippen LogP contribution in [0.4, 0.5) is 0 Å². The monoisotopic (exact) mass is 228 g/mol. The molecule has 1 fully saturated rings. The van der Waals surface area contributed by atoms with E-state index in [4.69, 9.17) is 0 Å². The Kier molecular flexibility index (Phi) is 9.65. The lowest BCUT2D eigenvalue weighted by Crippen LogP contribution is -2.46. The summed E-state index contributed by atoms with van der Waals surface area (Å²) in [5.74, 6) is 0. The van der Waals surface area contributed by atoms with E-state index in [9.17, 15) is 0 Å². The van der Waals surface area contributed by atoms with Gasteiger partial charge in [-0.2, -0.15) is 0 Å². The summed E-state index contributed by atoms with van der Waals surface area (Å²) in [6.45, 7) is 6.90. The molecule has 0 bridgehead atoms. The molecule has 1 unspecified atom stereocenters. The van der Waals surface area contributed by atoms with Crippen molar-refractivity contribution in [2.24, 2.45) is 0 Å². The van der Waals surface area contributed by atoms with Gasteiger partial charge in [0.2, 0.25) is 0 Å². The van der Waals surface area contributed by atoms with E-state index >= 15 is 0 Å². The Labute approximate surface area is 94.3 Å². The van der Waals surface area contributed by atoms with Crippen LogP contribution in [0.15, 0.2) is 0 Å². The highest BCUT2D eigenvalue weighted by molar-refractivity contribution is 5.85. The molecule has 0 amide bonds. The molecule has 0 aromatic carbocycles. The summed E-state index contributed by atoms with van der Waals surface area (Å²) < 4.78 is 0. The molecule has 2 nitrogen and oxygen atoms in total. The summed E-state index contributed by atoms with van der Waals surface area (Å²) in [6.07, 6.45) is 2.70. The van der Waals surface area contributed by atoms with Crippen LogP contribution >= 0.6 is 24.8 Å². The molecule has 1 atom stereocenters. The van der Waals surface area contributed by atoms with Gasteiger partial charge in [0.05, 0.1) is 0 Å². The summed E-state index contributed by atoms with van der Waals surface area (Å²) in [7, 11) is 2.22. The Hall–Kier alpha value is 0.500. The van der Waals surface area contributed by atoms with Crippen LogP contribution in [-0.4, -0.2) is 37.1 Å². The molecule has 0 spiro atoms. The number of piperidine rings is 1. The number of rotatable bonds is 2. The minimum absolute atomic E-state index is 0. The van der Waals surface area contributed by atoms with Gasteiger partial charge >= 0.3 is 0 Å². The largest absolute Gasteiger partial charge is 0.315 e. The highest BCUT2D eigenvalue weighted by Gasteiger charge is 2.18. The second kappa shape index (κ2) is 7.86. The molecule has 1 saturated heterocycles. The van der Waals surface area contributed by atoms with Crippen molar-refractivity contribution in [2.75, 3.05) is 20.1 Å². The molecule has 0 aromatic rings. The van der Waals surface area contributed by atoms with Gasteiger partial charge in [0, 0.05) is 18.6 Å². The van der Waals surface area contributed by atoms with Crippen molar-refractivity contribution >= 4 is 24.8 Å². The first kappa shape index (κ1) is 15.9. The molecule has 13 heavy (non-hydrogen) atoms. The summed E-state index contributed by atoms with van der Waals surface area (Å²) >= 11 is 0. The number of hydrogen-bond donors (Lipinski definition) is 1. The van der Waals surface area contributed by atoms with Crippen LogP contribution in [0.2, 0.25) is 0 Å². The Balaban J connectivity index is 0. The molecule has 0 aromatic heterocycles. The smallest absolute Gasteiger partial charge is 0.0220 e. The predicted molar refractivity (Wildman–Crippen MR) is 63.3 cm³/mol. The topological polar surface area (TPSA) is 15.3 Å². The zero-order valence-corrected chi connectivity index (χ0v) is 10.4. The molecular formula is C9H22Cl2N2. The van der Waals surface area contributed by atoms with Crippen LogP contribution in [0.1, 0.15) is 26.7 Å². The normalized spacial score (nSPS) is 22.4. The molecular weight excluding hydrogens is 207 g/mol. The Morgan fingerprint density at radius 3 is 2.31 bits per heavy atom. The number of hydrogen-bond acceptors (Lipinski definition) is 2. The average Bonchev–Trinajstić information content (AvgIpc) is 2.05. The lowest BCUT2D eigenvalue weighted by molar-refractivity contribution is 0.165. The molecule has 0 aliphatic carbocycles. The van der Waals surface area contributed by atoms with Crippen molar-refractivity contribution in [1.82, 2.24) is 10.2 Å². The fourth-order valence-electron chi connectivity index (χ4n) is 1.60. The van der Waals surface area contributed by atoms with E-state index in [0.29, 0.717) is 6.04 Å². The van der Waals surface area contributed by atoms with E-state index < -0.39 is 0 Å². The van der Waals surface area contributed by atoms with E-state index in [1.807, 2.05) is 0 Å². The van der Waals surface area contributed by atoms with Crippen LogP contribution in [0, 0.1) is 0 Å². The molecule has 0 saturated carbocycles. The van der Waals surface area contributed by atoms with Gasteiger partial charge in [-0.25, -0.2) is 0 Å². The first-order valence-corrected chi connectivity index (χ1v) is 4.64. The van der Waals surface area contributed by atoms with Gasteiger partial charge < -0.3 is 5.32 Å². The van der Waals surface area contributed by atoms with Gasteiger partial charge in [-0.3, -0.25) is 4.90 Å². The van der Waals surface area contributed by atoms with E-state index in [2.05, 4.69) is 31.1 Å². The molecule has 1 heterocycles. The Morgan fingerprint density at radius 1 is 1.31 bits per heavy atom. The van der Waals surface area contributed by atoms with Crippen molar-refractivity contribution in [2.45, 2.75) is 38.8 Å². The minimum atomic E-state index is 0. The van der Waals surface area contributed by atoms with Crippen LogP contribution in [-0.2, 0) is 0 Å². The van der Waals surface area contributed by atoms with Gasteiger partial charge in [-0.15, -0.1) is 24.8 Å². The van der Waals surface area contributed by atoms with Crippen LogP contribution in [0.5, 0.6) is 0 Å². The second-order valence-electron chi connectivity index (χ2n) is 3.76. The van der Waals surface area contributed by atoms with Gasteiger partial charge in [0.25, 0.3) is 0 Å². The highest BCUT2D eigenvalue weighted by atomic mass is 35.5. The minimum Gasteiger partial charge on any atom is -0.315 e. The van der Waals surface area contributed by atoms with Crippen molar-refractivity contribution in [3.05, 3.63) is 0 Å². The summed E-state index contributed by atoms with van der Waals surface area (Å²) in [4.78, 5) is 2.46. The van der Waals surface area contributed by atoms with Crippen LogP contribution < -0.4 is 5.32 Å². The zero-order valence-electron chi connectivity index (χ0n) is 8.75. The number of nitrogens with one attached hydrogen (secondary N) is 1. The van der Waals surface area contributed by atoms with E-state index in [1.165, 1.54) is 25.9 Å². The Bertz CT molecular complexity index is 114. The number of likely N-dealkylation sites (N-methyl/N-ethyl adjacent to an activating group) is 1. The van der Waals surface area contributed by atoms with Gasteiger partial charge in [-0.05, 0) is 40.3 Å². The van der Waals surface area contributed by atoms with Crippen molar-refractivity contribution < 1.29 is 0 Å². The van der Waals surface area contributed by atoms with Gasteiger partial charge in [-0.1, -0.05) is 0 Å².